The molecule has 0 aliphatic rings. The third-order valence-electron chi connectivity index (χ3n) is 2.92. The van der Waals surface area contributed by atoms with Gasteiger partial charge in [0.2, 0.25) is 0 Å². The molecule has 0 amide bonds. The van der Waals surface area contributed by atoms with E-state index >= 15 is 0 Å². The second-order valence-electron chi connectivity index (χ2n) is 4.13. The highest BCUT2D eigenvalue weighted by Crippen LogP contribution is 2.41. The van der Waals surface area contributed by atoms with Crippen LogP contribution in [0.1, 0.15) is 20.7 Å². The first-order valence-corrected chi connectivity index (χ1v) is 5.81. The van der Waals surface area contributed by atoms with Gasteiger partial charge in [-0.1, -0.05) is 30.3 Å². The van der Waals surface area contributed by atoms with E-state index in [0.29, 0.717) is 0 Å². The summed E-state index contributed by atoms with van der Waals surface area (Å²) in [5.74, 6) is -5.33. The second-order valence-corrected chi connectivity index (χ2v) is 4.13. The maximum absolute atomic E-state index is 12.9. The van der Waals surface area contributed by atoms with E-state index in [0.717, 1.165) is 6.07 Å². The lowest BCUT2D eigenvalue weighted by Crippen LogP contribution is -2.12. The lowest BCUT2D eigenvalue weighted by atomic mass is 9.96. The molecule has 0 spiro atoms. The minimum Gasteiger partial charge on any atom is -0.478 e. The molecule has 0 bridgehead atoms. The third-order valence-corrected chi connectivity index (χ3v) is 2.92. The summed E-state index contributed by atoms with van der Waals surface area (Å²) in [4.78, 5) is 29.4. The number of rotatable bonds is 5. The van der Waals surface area contributed by atoms with Crippen molar-refractivity contribution < 1.29 is 38.7 Å². The van der Waals surface area contributed by atoms with Gasteiger partial charge in [-0.25, -0.2) is 9.59 Å². The number of carbonyl (C=O) groups is 2. The van der Waals surface area contributed by atoms with Gasteiger partial charge in [0.15, 0.2) is 11.5 Å². The number of hydrogen-bond acceptors (Lipinski definition) is 4. The van der Waals surface area contributed by atoms with E-state index in [-0.39, 0.29) is 11.1 Å². The van der Waals surface area contributed by atoms with E-state index in [1.165, 1.54) is 12.1 Å². The predicted octanol–water partition coefficient (Wildman–Crippen LogP) is 3.28. The lowest BCUT2D eigenvalue weighted by molar-refractivity contribution is -0.0127. The highest BCUT2D eigenvalue weighted by molar-refractivity contribution is 6.07. The molecule has 2 aromatic carbocycles. The smallest absolute Gasteiger partial charge is 0.340 e. The van der Waals surface area contributed by atoms with Gasteiger partial charge in [0.25, 0.3) is 0 Å². The fourth-order valence-corrected chi connectivity index (χ4v) is 2.03. The van der Waals surface area contributed by atoms with Gasteiger partial charge in [0.05, 0.1) is 0 Å². The fraction of sp³-hybridized carbons (Fsp3) is 0. The Morgan fingerprint density at radius 3 is 1.95 bits per heavy atom. The van der Waals surface area contributed by atoms with Crippen LogP contribution in [-0.4, -0.2) is 22.2 Å². The average Bonchev–Trinajstić information content (AvgIpc) is 2.53. The van der Waals surface area contributed by atoms with E-state index in [4.69, 9.17) is 10.2 Å². The highest BCUT2D eigenvalue weighted by Gasteiger charge is 2.31. The molecule has 2 N–H and O–H groups in total. The van der Waals surface area contributed by atoms with Crippen molar-refractivity contribution in [2.45, 2.75) is 0 Å². The van der Waals surface area contributed by atoms with Crippen LogP contribution in [0.2, 0.25) is 0 Å². The summed E-state index contributed by atoms with van der Waals surface area (Å²) in [7, 11) is 0. The molecule has 0 aliphatic heterocycles. The van der Waals surface area contributed by atoms with Gasteiger partial charge in [-0.05, 0) is 11.6 Å². The van der Waals surface area contributed by atoms with Crippen molar-refractivity contribution in [3.05, 3.63) is 47.5 Å². The predicted molar refractivity (Wildman–Crippen MR) is 69.3 cm³/mol. The maximum Gasteiger partial charge on any atom is 0.340 e. The molecule has 0 aromatic heterocycles. The van der Waals surface area contributed by atoms with Crippen molar-refractivity contribution >= 4 is 11.9 Å². The Labute approximate surface area is 121 Å². The first-order chi connectivity index (χ1) is 10.5. The van der Waals surface area contributed by atoms with Crippen LogP contribution < -0.4 is 9.88 Å². The molecule has 0 atom stereocenters. The number of carboxylic acid groups (broad SMARTS) is 2. The molecular weight excluding hydrogens is 302 g/mol. The normalized spacial score (nSPS) is 10.1. The van der Waals surface area contributed by atoms with Gasteiger partial charge in [0.1, 0.15) is 11.1 Å². The Hall–Kier alpha value is -3.16. The van der Waals surface area contributed by atoms with Crippen molar-refractivity contribution in [2.24, 2.45) is 0 Å². The molecule has 0 aliphatic carbocycles. The van der Waals surface area contributed by atoms with Crippen molar-refractivity contribution in [2.75, 3.05) is 0 Å². The number of halogens is 2. The van der Waals surface area contributed by atoms with Crippen LogP contribution in [0.3, 0.4) is 0 Å². The molecule has 0 saturated heterocycles. The number of aromatic carboxylic acids is 2. The first-order valence-electron chi connectivity index (χ1n) is 5.81. The van der Waals surface area contributed by atoms with Crippen LogP contribution in [0.4, 0.5) is 9.05 Å². The van der Waals surface area contributed by atoms with E-state index < -0.39 is 34.6 Å². The molecule has 0 fully saturated rings. The third kappa shape index (κ3) is 2.53. The van der Waals surface area contributed by atoms with E-state index in [1.807, 2.05) is 0 Å². The monoisotopic (exact) mass is 310 g/mol. The van der Waals surface area contributed by atoms with Gasteiger partial charge in [0, 0.05) is 14.6 Å². The van der Waals surface area contributed by atoms with Crippen LogP contribution in [-0.2, 0) is 0 Å². The van der Waals surface area contributed by atoms with Gasteiger partial charge in [-0.3, -0.25) is 9.88 Å². The summed E-state index contributed by atoms with van der Waals surface area (Å²) in [6.07, 6.45) is 0. The van der Waals surface area contributed by atoms with Gasteiger partial charge >= 0.3 is 11.9 Å². The molecule has 6 nitrogen and oxygen atoms in total. The quantitative estimate of drug-likeness (QED) is 0.880. The Morgan fingerprint density at radius 1 is 0.909 bits per heavy atom. The Kier molecular flexibility index (Phi) is 4.21. The van der Waals surface area contributed by atoms with Crippen LogP contribution in [0.15, 0.2) is 36.4 Å². The molecule has 0 saturated carbocycles. The molecule has 114 valence electrons. The molecule has 2 rings (SSSR count). The van der Waals surface area contributed by atoms with Crippen molar-refractivity contribution in [3.8, 4) is 22.6 Å². The van der Waals surface area contributed by atoms with E-state index in [1.54, 1.807) is 18.2 Å². The van der Waals surface area contributed by atoms with Crippen LogP contribution in [0.25, 0.3) is 11.1 Å². The minimum atomic E-state index is -1.80. The van der Waals surface area contributed by atoms with Gasteiger partial charge in [-0.15, -0.1) is 0 Å². The molecule has 8 heteroatoms. The standard InChI is InChI=1S/C14H8F2O6/c15-21-9-6-8(7-4-2-1-3-5-7)12(22-16)11(14(19)20)10(9)13(17)18/h1-6H,(H,17,18)(H,19,20). The Balaban J connectivity index is 2.90. The Morgan fingerprint density at radius 2 is 1.50 bits per heavy atom. The first kappa shape index (κ1) is 15.2. The van der Waals surface area contributed by atoms with Crippen molar-refractivity contribution in [3.63, 3.8) is 0 Å². The summed E-state index contributed by atoms with van der Waals surface area (Å²) in [5.41, 5.74) is -1.99. The van der Waals surface area contributed by atoms with Crippen LogP contribution in [0.5, 0.6) is 11.5 Å². The number of carboxylic acids is 2. The van der Waals surface area contributed by atoms with E-state index in [2.05, 4.69) is 9.88 Å². The molecular formula is C14H8F2O6. The molecule has 0 radical (unpaired) electrons. The largest absolute Gasteiger partial charge is 0.478 e. The maximum atomic E-state index is 12.9. The summed E-state index contributed by atoms with van der Waals surface area (Å²) < 4.78 is 25.5. The zero-order valence-corrected chi connectivity index (χ0v) is 10.7. The zero-order valence-electron chi connectivity index (χ0n) is 10.7. The molecule has 22 heavy (non-hydrogen) atoms. The molecule has 0 unspecified atom stereocenters. The summed E-state index contributed by atoms with van der Waals surface area (Å²) in [6, 6.07) is 8.59. The number of hydrogen-bond donors (Lipinski definition) is 2. The average molecular weight is 310 g/mol. The molecule has 2 aromatic rings. The summed E-state index contributed by atoms with van der Waals surface area (Å²) in [5, 5.41) is 18.1. The Bertz CT molecular complexity index is 730. The summed E-state index contributed by atoms with van der Waals surface area (Å²) in [6.45, 7) is 0. The molecule has 0 heterocycles. The fourth-order valence-electron chi connectivity index (χ4n) is 2.03. The van der Waals surface area contributed by atoms with Gasteiger partial charge < -0.3 is 10.2 Å². The van der Waals surface area contributed by atoms with Gasteiger partial charge in [-0.2, -0.15) is 0 Å². The lowest BCUT2D eigenvalue weighted by Gasteiger charge is -2.13. The topological polar surface area (TPSA) is 93.1 Å². The SMILES string of the molecule is O=C(O)c1c(OF)cc(-c2ccccc2)c(OF)c1C(=O)O. The van der Waals surface area contributed by atoms with Crippen LogP contribution >= 0.6 is 0 Å². The second kappa shape index (κ2) is 6.08. The minimum absolute atomic E-state index is 0.168. The van der Waals surface area contributed by atoms with Crippen molar-refractivity contribution in [1.29, 1.82) is 0 Å². The van der Waals surface area contributed by atoms with Crippen molar-refractivity contribution in [1.82, 2.24) is 0 Å². The number of benzene rings is 2. The van der Waals surface area contributed by atoms with Crippen LogP contribution in [0, 0.1) is 0 Å². The highest BCUT2D eigenvalue weighted by atomic mass is 19.3. The summed E-state index contributed by atoms with van der Waals surface area (Å²) >= 11 is 0. The van der Waals surface area contributed by atoms with E-state index in [9.17, 15) is 18.6 Å². The zero-order chi connectivity index (χ0) is 16.3.